The van der Waals surface area contributed by atoms with Crippen LogP contribution in [-0.2, 0) is 11.3 Å². The number of hydrogen-bond donors (Lipinski definition) is 2. The summed E-state index contributed by atoms with van der Waals surface area (Å²) in [7, 11) is 0. The number of rotatable bonds is 4. The largest absolute Gasteiger partial charge is 0.471 e. The third-order valence-electron chi connectivity index (χ3n) is 3.05. The molecule has 0 unspecified atom stereocenters. The van der Waals surface area contributed by atoms with Crippen LogP contribution in [0.4, 0.5) is 28.9 Å². The lowest BCUT2D eigenvalue weighted by Crippen LogP contribution is -2.29. The molecule has 0 spiro atoms. The highest BCUT2D eigenvalue weighted by Crippen LogP contribution is 2.20. The van der Waals surface area contributed by atoms with E-state index in [1.807, 2.05) is 0 Å². The quantitative estimate of drug-likeness (QED) is 0.825. The molecule has 0 saturated heterocycles. The molecule has 0 heterocycles. The highest BCUT2D eigenvalue weighted by atomic mass is 19.4. The zero-order valence-electron chi connectivity index (χ0n) is 12.2. The molecule has 2 N–H and O–H groups in total. The predicted octanol–water partition coefficient (Wildman–Crippen LogP) is 4.25. The molecule has 0 aliphatic heterocycles. The van der Waals surface area contributed by atoms with Crippen molar-refractivity contribution in [3.05, 3.63) is 59.4 Å². The Balaban J connectivity index is 2.04. The number of alkyl halides is 3. The van der Waals surface area contributed by atoms with Gasteiger partial charge in [-0.05, 0) is 42.3 Å². The van der Waals surface area contributed by atoms with Crippen LogP contribution in [-0.4, -0.2) is 12.1 Å². The van der Waals surface area contributed by atoms with Gasteiger partial charge in [0.15, 0.2) is 0 Å². The van der Waals surface area contributed by atoms with E-state index in [0.29, 0.717) is 11.3 Å². The number of halogens is 4. The molecule has 0 bridgehead atoms. The van der Waals surface area contributed by atoms with E-state index in [1.54, 1.807) is 30.4 Å². The van der Waals surface area contributed by atoms with E-state index in [4.69, 9.17) is 0 Å². The van der Waals surface area contributed by atoms with Crippen molar-refractivity contribution >= 4 is 17.3 Å². The van der Waals surface area contributed by atoms with E-state index in [0.717, 1.165) is 5.56 Å². The van der Waals surface area contributed by atoms with Crippen molar-refractivity contribution in [3.8, 4) is 0 Å². The second-order valence-electron chi connectivity index (χ2n) is 4.99. The van der Waals surface area contributed by atoms with Crippen LogP contribution in [0.15, 0.2) is 42.5 Å². The van der Waals surface area contributed by atoms with Crippen molar-refractivity contribution in [3.63, 3.8) is 0 Å². The number of amides is 1. The molecule has 122 valence electrons. The molecular formula is C16H14F4N2O. The second-order valence-corrected chi connectivity index (χ2v) is 4.99. The van der Waals surface area contributed by atoms with Gasteiger partial charge in [0.25, 0.3) is 0 Å². The number of aryl methyl sites for hydroxylation is 1. The van der Waals surface area contributed by atoms with E-state index in [9.17, 15) is 22.4 Å². The van der Waals surface area contributed by atoms with Gasteiger partial charge in [0.05, 0.1) is 5.69 Å². The van der Waals surface area contributed by atoms with Crippen LogP contribution in [0.25, 0.3) is 0 Å². The Bertz CT molecular complexity index is 713. The summed E-state index contributed by atoms with van der Waals surface area (Å²) in [5, 5.41) is 4.63. The summed E-state index contributed by atoms with van der Waals surface area (Å²) in [5.41, 5.74) is 1.70. The first-order valence-electron chi connectivity index (χ1n) is 6.73. The van der Waals surface area contributed by atoms with Gasteiger partial charge in [-0.1, -0.05) is 18.2 Å². The molecule has 0 aromatic heterocycles. The van der Waals surface area contributed by atoms with Crippen LogP contribution in [0.3, 0.4) is 0 Å². The first-order chi connectivity index (χ1) is 10.8. The van der Waals surface area contributed by atoms with E-state index < -0.39 is 17.9 Å². The minimum atomic E-state index is -4.95. The summed E-state index contributed by atoms with van der Waals surface area (Å²) in [6.45, 7) is 1.97. The standard InChI is InChI=1S/C16H14F4N2O/c1-10-5-6-14(13(17)7-10)21-9-11-3-2-4-12(8-11)22-15(23)16(18,19)20/h2-8,21H,9H2,1H3,(H,22,23). The zero-order chi connectivity index (χ0) is 17.0. The Morgan fingerprint density at radius 2 is 1.87 bits per heavy atom. The molecule has 0 radical (unpaired) electrons. The number of carbonyl (C=O) groups excluding carboxylic acids is 1. The van der Waals surface area contributed by atoms with Gasteiger partial charge in [0, 0.05) is 12.2 Å². The molecule has 7 heteroatoms. The first-order valence-corrected chi connectivity index (χ1v) is 6.73. The van der Waals surface area contributed by atoms with Crippen LogP contribution >= 0.6 is 0 Å². The average molecular weight is 326 g/mol. The van der Waals surface area contributed by atoms with Crippen LogP contribution in [0.1, 0.15) is 11.1 Å². The van der Waals surface area contributed by atoms with E-state index in [2.05, 4.69) is 5.32 Å². The molecule has 3 nitrogen and oxygen atoms in total. The molecule has 2 aromatic carbocycles. The molecule has 0 aliphatic carbocycles. The normalized spacial score (nSPS) is 11.2. The van der Waals surface area contributed by atoms with E-state index >= 15 is 0 Å². The topological polar surface area (TPSA) is 41.1 Å². The van der Waals surface area contributed by atoms with Crippen molar-refractivity contribution in [2.24, 2.45) is 0 Å². The highest BCUT2D eigenvalue weighted by Gasteiger charge is 2.38. The molecule has 0 atom stereocenters. The Kier molecular flexibility index (Phi) is 4.88. The molecule has 0 saturated carbocycles. The fraction of sp³-hybridized carbons (Fsp3) is 0.188. The van der Waals surface area contributed by atoms with Crippen LogP contribution in [0, 0.1) is 12.7 Å². The van der Waals surface area contributed by atoms with E-state index in [-0.39, 0.29) is 12.2 Å². The van der Waals surface area contributed by atoms with Gasteiger partial charge in [-0.15, -0.1) is 0 Å². The Morgan fingerprint density at radius 3 is 2.52 bits per heavy atom. The number of nitrogens with one attached hydrogen (secondary N) is 2. The summed E-state index contributed by atoms with van der Waals surface area (Å²) in [6, 6.07) is 10.6. The SMILES string of the molecule is Cc1ccc(NCc2cccc(NC(=O)C(F)(F)F)c2)c(F)c1. The lowest BCUT2D eigenvalue weighted by molar-refractivity contribution is -0.167. The number of carbonyl (C=O) groups is 1. The minimum absolute atomic E-state index is 0.0241. The van der Waals surface area contributed by atoms with Gasteiger partial charge < -0.3 is 10.6 Å². The molecule has 0 aliphatic rings. The summed E-state index contributed by atoms with van der Waals surface area (Å²) in [6.07, 6.45) is -4.95. The molecule has 23 heavy (non-hydrogen) atoms. The van der Waals surface area contributed by atoms with Crippen molar-refractivity contribution in [1.29, 1.82) is 0 Å². The molecule has 2 aromatic rings. The van der Waals surface area contributed by atoms with Gasteiger partial charge in [0.1, 0.15) is 5.82 Å². The molecule has 2 rings (SSSR count). The Hall–Kier alpha value is -2.57. The maximum atomic E-state index is 13.7. The lowest BCUT2D eigenvalue weighted by atomic mass is 10.1. The van der Waals surface area contributed by atoms with Crippen LogP contribution < -0.4 is 10.6 Å². The lowest BCUT2D eigenvalue weighted by Gasteiger charge is -2.11. The van der Waals surface area contributed by atoms with Crippen molar-refractivity contribution < 1.29 is 22.4 Å². The summed E-state index contributed by atoms with van der Waals surface area (Å²) in [4.78, 5) is 10.9. The maximum absolute atomic E-state index is 13.7. The minimum Gasteiger partial charge on any atom is -0.379 e. The smallest absolute Gasteiger partial charge is 0.379 e. The molecule has 1 amide bonds. The fourth-order valence-corrected chi connectivity index (χ4v) is 1.92. The van der Waals surface area contributed by atoms with Crippen molar-refractivity contribution in [1.82, 2.24) is 0 Å². The summed E-state index contributed by atoms with van der Waals surface area (Å²) >= 11 is 0. The third-order valence-corrected chi connectivity index (χ3v) is 3.05. The van der Waals surface area contributed by atoms with Crippen LogP contribution in [0.5, 0.6) is 0 Å². The van der Waals surface area contributed by atoms with Crippen molar-refractivity contribution in [2.75, 3.05) is 10.6 Å². The van der Waals surface area contributed by atoms with Gasteiger partial charge in [-0.25, -0.2) is 4.39 Å². The van der Waals surface area contributed by atoms with Gasteiger partial charge in [-0.3, -0.25) is 4.79 Å². The highest BCUT2D eigenvalue weighted by molar-refractivity contribution is 5.94. The van der Waals surface area contributed by atoms with Crippen LogP contribution in [0.2, 0.25) is 0 Å². The number of hydrogen-bond acceptors (Lipinski definition) is 2. The second kappa shape index (κ2) is 6.68. The number of anilines is 2. The third kappa shape index (κ3) is 4.70. The van der Waals surface area contributed by atoms with Gasteiger partial charge >= 0.3 is 12.1 Å². The Labute approximate surface area is 130 Å². The summed E-state index contributed by atoms with van der Waals surface area (Å²) in [5.74, 6) is -2.45. The maximum Gasteiger partial charge on any atom is 0.471 e. The monoisotopic (exact) mass is 326 g/mol. The zero-order valence-corrected chi connectivity index (χ0v) is 12.2. The van der Waals surface area contributed by atoms with E-state index in [1.165, 1.54) is 24.3 Å². The number of benzene rings is 2. The predicted molar refractivity (Wildman–Crippen MR) is 79.6 cm³/mol. The van der Waals surface area contributed by atoms with Gasteiger partial charge in [0.2, 0.25) is 0 Å². The molecule has 0 fully saturated rings. The van der Waals surface area contributed by atoms with Crippen molar-refractivity contribution in [2.45, 2.75) is 19.6 Å². The molecular weight excluding hydrogens is 312 g/mol. The first kappa shape index (κ1) is 16.8. The Morgan fingerprint density at radius 1 is 1.13 bits per heavy atom. The fourth-order valence-electron chi connectivity index (χ4n) is 1.92. The average Bonchev–Trinajstić information content (AvgIpc) is 2.46. The summed E-state index contributed by atoms with van der Waals surface area (Å²) < 4.78 is 50.3. The van der Waals surface area contributed by atoms with Gasteiger partial charge in [-0.2, -0.15) is 13.2 Å².